The fraction of sp³-hybridized carbons (Fsp3) is 0.312. The van der Waals surface area contributed by atoms with Crippen LogP contribution in [0.4, 0.5) is 4.79 Å². The molecule has 3 amide bonds. The van der Waals surface area contributed by atoms with E-state index >= 15 is 0 Å². The number of imide groups is 1. The third-order valence-corrected chi connectivity index (χ3v) is 4.29. The first-order valence-corrected chi connectivity index (χ1v) is 8.71. The second-order valence-electron chi connectivity index (χ2n) is 4.82. The average molecular weight is 369 g/mol. The molecule has 1 aromatic rings. The number of nitrogens with zero attached hydrogens (tertiary/aromatic N) is 1. The van der Waals surface area contributed by atoms with E-state index in [1.165, 1.54) is 0 Å². The third kappa shape index (κ3) is 4.75. The minimum atomic E-state index is -0.362. The first-order valence-electron chi connectivity index (χ1n) is 7.36. The maximum atomic E-state index is 12.3. The molecule has 1 fully saturated rings. The van der Waals surface area contributed by atoms with Gasteiger partial charge in [-0.3, -0.25) is 19.3 Å². The number of ether oxygens (including phenoxy) is 1. The summed E-state index contributed by atoms with van der Waals surface area (Å²) >= 11 is 6.25. The number of amides is 3. The van der Waals surface area contributed by atoms with Crippen LogP contribution in [0.2, 0.25) is 0 Å². The minimum Gasteiger partial charge on any atom is -0.494 e. The van der Waals surface area contributed by atoms with Gasteiger partial charge in [0.15, 0.2) is 0 Å². The smallest absolute Gasteiger partial charge is 0.293 e. The van der Waals surface area contributed by atoms with Crippen molar-refractivity contribution >= 4 is 46.5 Å². The van der Waals surface area contributed by atoms with Crippen LogP contribution in [-0.4, -0.2) is 47.5 Å². The van der Waals surface area contributed by atoms with Gasteiger partial charge in [0, 0.05) is 13.1 Å². The molecule has 0 unspecified atom stereocenters. The zero-order valence-electron chi connectivity index (χ0n) is 13.1. The Bertz CT molecular complexity index is 661. The second-order valence-corrected chi connectivity index (χ2v) is 6.08. The largest absolute Gasteiger partial charge is 0.494 e. The van der Waals surface area contributed by atoms with Crippen LogP contribution < -0.4 is 10.1 Å². The second kappa shape index (κ2) is 8.75. The van der Waals surface area contributed by atoms with E-state index in [2.05, 4.69) is 5.32 Å². The lowest BCUT2D eigenvalue weighted by atomic mass is 10.2. The van der Waals surface area contributed by atoms with Gasteiger partial charge in [0.25, 0.3) is 11.1 Å². The highest BCUT2D eigenvalue weighted by molar-refractivity contribution is 8.18. The van der Waals surface area contributed by atoms with Crippen LogP contribution >= 0.6 is 23.4 Å². The first kappa shape index (κ1) is 18.4. The van der Waals surface area contributed by atoms with Crippen molar-refractivity contribution in [3.63, 3.8) is 0 Å². The summed E-state index contributed by atoms with van der Waals surface area (Å²) in [6.45, 7) is 2.78. The van der Waals surface area contributed by atoms with Crippen LogP contribution in [0.1, 0.15) is 12.5 Å². The summed E-state index contributed by atoms with van der Waals surface area (Å²) in [7, 11) is 0. The molecule has 0 spiro atoms. The van der Waals surface area contributed by atoms with Crippen LogP contribution in [0, 0.1) is 0 Å². The number of halogens is 1. The fourth-order valence-electron chi connectivity index (χ4n) is 2.03. The van der Waals surface area contributed by atoms with Crippen molar-refractivity contribution in [3.8, 4) is 5.75 Å². The number of thioether (sulfide) groups is 1. The van der Waals surface area contributed by atoms with Gasteiger partial charge in [-0.25, -0.2) is 0 Å². The summed E-state index contributed by atoms with van der Waals surface area (Å²) < 4.78 is 5.36. The number of nitrogens with one attached hydrogen (secondary N) is 1. The standard InChI is InChI=1S/C16H17ClN2O4S/c1-2-23-12-5-3-11(4-6-12)9-13-15(21)19(16(22)24-13)8-7-18-14(20)10-17/h3-6,9H,2,7-8,10H2,1H3,(H,18,20)/b13-9-. The lowest BCUT2D eigenvalue weighted by Gasteiger charge is -2.12. The number of hydrogen-bond donors (Lipinski definition) is 1. The maximum absolute atomic E-state index is 12.3. The van der Waals surface area contributed by atoms with Crippen molar-refractivity contribution in [2.24, 2.45) is 0 Å². The van der Waals surface area contributed by atoms with Gasteiger partial charge in [0.1, 0.15) is 11.6 Å². The molecule has 1 heterocycles. The molecule has 128 valence electrons. The van der Waals surface area contributed by atoms with Crippen molar-refractivity contribution in [2.75, 3.05) is 25.6 Å². The SMILES string of the molecule is CCOc1ccc(/C=C2\SC(=O)N(CCNC(=O)CCl)C2=O)cc1. The zero-order chi connectivity index (χ0) is 17.5. The highest BCUT2D eigenvalue weighted by Gasteiger charge is 2.34. The van der Waals surface area contributed by atoms with E-state index in [4.69, 9.17) is 16.3 Å². The van der Waals surface area contributed by atoms with E-state index in [1.807, 2.05) is 19.1 Å². The van der Waals surface area contributed by atoms with Gasteiger partial charge in [0.05, 0.1) is 11.5 Å². The van der Waals surface area contributed by atoms with Crippen LogP contribution in [-0.2, 0) is 9.59 Å². The van der Waals surface area contributed by atoms with Crippen LogP contribution in [0.3, 0.4) is 0 Å². The Hall–Kier alpha value is -1.99. The first-order chi connectivity index (χ1) is 11.5. The van der Waals surface area contributed by atoms with Gasteiger partial charge in [-0.2, -0.15) is 0 Å². The summed E-state index contributed by atoms with van der Waals surface area (Å²) in [4.78, 5) is 36.8. The molecular formula is C16H17ClN2O4S. The molecule has 1 aliphatic heterocycles. The van der Waals surface area contributed by atoms with Crippen molar-refractivity contribution in [1.29, 1.82) is 0 Å². The highest BCUT2D eigenvalue weighted by atomic mass is 35.5. The Morgan fingerprint density at radius 2 is 2.04 bits per heavy atom. The van der Waals surface area contributed by atoms with Gasteiger partial charge >= 0.3 is 0 Å². The molecule has 6 nitrogen and oxygen atoms in total. The Kier molecular flexibility index (Phi) is 6.69. The Morgan fingerprint density at radius 1 is 1.33 bits per heavy atom. The number of alkyl halides is 1. The van der Waals surface area contributed by atoms with Crippen molar-refractivity contribution in [3.05, 3.63) is 34.7 Å². The molecule has 0 saturated carbocycles. The van der Waals surface area contributed by atoms with Gasteiger partial charge in [0.2, 0.25) is 5.91 Å². The molecule has 1 aliphatic rings. The molecule has 2 rings (SSSR count). The summed E-state index contributed by atoms with van der Waals surface area (Å²) in [6, 6.07) is 7.25. The number of rotatable bonds is 7. The number of carbonyl (C=O) groups is 3. The fourth-order valence-corrected chi connectivity index (χ4v) is 2.98. The van der Waals surface area contributed by atoms with E-state index in [-0.39, 0.29) is 36.0 Å². The molecule has 1 N–H and O–H groups in total. The number of benzene rings is 1. The van der Waals surface area contributed by atoms with Crippen molar-refractivity contribution < 1.29 is 19.1 Å². The molecule has 0 aromatic heterocycles. The summed E-state index contributed by atoms with van der Waals surface area (Å²) in [5, 5.41) is 2.17. The Morgan fingerprint density at radius 3 is 2.67 bits per heavy atom. The monoisotopic (exact) mass is 368 g/mol. The van der Waals surface area contributed by atoms with Crippen molar-refractivity contribution in [2.45, 2.75) is 6.92 Å². The predicted octanol–water partition coefficient (Wildman–Crippen LogP) is 2.48. The summed E-state index contributed by atoms with van der Waals surface area (Å²) in [6.07, 6.45) is 1.66. The van der Waals surface area contributed by atoms with E-state index in [0.29, 0.717) is 11.5 Å². The van der Waals surface area contributed by atoms with Crippen LogP contribution in [0.15, 0.2) is 29.2 Å². The van der Waals surface area contributed by atoms with Gasteiger partial charge in [-0.05, 0) is 42.5 Å². The highest BCUT2D eigenvalue weighted by Crippen LogP contribution is 2.32. The van der Waals surface area contributed by atoms with E-state index in [1.54, 1.807) is 18.2 Å². The van der Waals surface area contributed by atoms with E-state index < -0.39 is 0 Å². The van der Waals surface area contributed by atoms with Gasteiger partial charge in [-0.15, -0.1) is 11.6 Å². The molecule has 0 aliphatic carbocycles. The van der Waals surface area contributed by atoms with E-state index in [0.717, 1.165) is 28.0 Å². The van der Waals surface area contributed by atoms with Gasteiger partial charge < -0.3 is 10.1 Å². The molecule has 0 bridgehead atoms. The maximum Gasteiger partial charge on any atom is 0.293 e. The molecule has 0 atom stereocenters. The number of carbonyl (C=O) groups excluding carboxylic acids is 3. The Labute approximate surface area is 149 Å². The molecular weight excluding hydrogens is 352 g/mol. The summed E-state index contributed by atoms with van der Waals surface area (Å²) in [5.41, 5.74) is 0.805. The average Bonchev–Trinajstić information content (AvgIpc) is 2.84. The van der Waals surface area contributed by atoms with Crippen LogP contribution in [0.25, 0.3) is 6.08 Å². The van der Waals surface area contributed by atoms with Crippen molar-refractivity contribution in [1.82, 2.24) is 10.2 Å². The molecule has 8 heteroatoms. The molecule has 1 aromatic carbocycles. The minimum absolute atomic E-state index is 0.119. The lowest BCUT2D eigenvalue weighted by molar-refractivity contribution is -0.123. The number of hydrogen-bond acceptors (Lipinski definition) is 5. The third-order valence-electron chi connectivity index (χ3n) is 3.14. The normalized spacial score (nSPS) is 15.9. The molecule has 1 saturated heterocycles. The Balaban J connectivity index is 2.00. The summed E-state index contributed by atoms with van der Waals surface area (Å²) in [5.74, 6) is -0.107. The van der Waals surface area contributed by atoms with Gasteiger partial charge in [-0.1, -0.05) is 12.1 Å². The molecule has 0 radical (unpaired) electrons. The lowest BCUT2D eigenvalue weighted by Crippen LogP contribution is -2.37. The predicted molar refractivity (Wildman–Crippen MR) is 94.0 cm³/mol. The zero-order valence-corrected chi connectivity index (χ0v) is 14.7. The van der Waals surface area contributed by atoms with Crippen LogP contribution in [0.5, 0.6) is 5.75 Å². The quantitative estimate of drug-likeness (QED) is 0.591. The van der Waals surface area contributed by atoms with E-state index in [9.17, 15) is 14.4 Å². The molecule has 24 heavy (non-hydrogen) atoms. The topological polar surface area (TPSA) is 75.7 Å².